The van der Waals surface area contributed by atoms with Gasteiger partial charge in [0.1, 0.15) is 0 Å². The highest BCUT2D eigenvalue weighted by molar-refractivity contribution is 7.99. The lowest BCUT2D eigenvalue weighted by Crippen LogP contribution is -1.99. The van der Waals surface area contributed by atoms with Gasteiger partial charge in [-0.3, -0.25) is 9.36 Å². The molecule has 2 aromatic carbocycles. The Morgan fingerprint density at radius 1 is 1.00 bits per heavy atom. The number of imidazole rings is 1. The molecule has 25 heavy (non-hydrogen) atoms. The zero-order chi connectivity index (χ0) is 17.5. The molecule has 0 aliphatic carbocycles. The van der Waals surface area contributed by atoms with Gasteiger partial charge in [0.25, 0.3) is 0 Å². The monoisotopic (exact) mass is 352 g/mol. The lowest BCUT2D eigenvalue weighted by Gasteiger charge is -2.12. The van der Waals surface area contributed by atoms with Gasteiger partial charge in [0.2, 0.25) is 0 Å². The van der Waals surface area contributed by atoms with Crippen molar-refractivity contribution in [3.05, 3.63) is 66.9 Å². The number of thioether (sulfide) groups is 1. The van der Waals surface area contributed by atoms with E-state index in [0.717, 1.165) is 34.3 Å². The van der Waals surface area contributed by atoms with Crippen molar-refractivity contribution < 1.29 is 9.90 Å². The number of carboxylic acid groups (broad SMARTS) is 1. The highest BCUT2D eigenvalue weighted by Crippen LogP contribution is 2.30. The second kappa shape index (κ2) is 8.53. The summed E-state index contributed by atoms with van der Waals surface area (Å²) in [4.78, 5) is 15.2. The van der Waals surface area contributed by atoms with E-state index in [1.807, 2.05) is 42.6 Å². The molecule has 0 spiro atoms. The van der Waals surface area contributed by atoms with Crippen molar-refractivity contribution in [3.63, 3.8) is 0 Å². The second-order valence-electron chi connectivity index (χ2n) is 5.66. The first-order valence-electron chi connectivity index (χ1n) is 8.29. The van der Waals surface area contributed by atoms with Crippen LogP contribution in [0.5, 0.6) is 0 Å². The maximum atomic E-state index is 10.6. The van der Waals surface area contributed by atoms with Crippen LogP contribution >= 0.6 is 11.8 Å². The molecule has 0 saturated heterocycles. The van der Waals surface area contributed by atoms with Crippen LogP contribution in [0.1, 0.15) is 19.3 Å². The third-order valence-electron chi connectivity index (χ3n) is 3.83. The van der Waals surface area contributed by atoms with Crippen molar-refractivity contribution in [1.29, 1.82) is 0 Å². The van der Waals surface area contributed by atoms with E-state index < -0.39 is 5.97 Å². The molecule has 0 atom stereocenters. The van der Waals surface area contributed by atoms with E-state index in [9.17, 15) is 4.79 Å². The zero-order valence-electron chi connectivity index (χ0n) is 13.8. The minimum absolute atomic E-state index is 0.225. The number of benzene rings is 2. The van der Waals surface area contributed by atoms with Crippen LogP contribution < -0.4 is 0 Å². The van der Waals surface area contributed by atoms with Crippen molar-refractivity contribution in [2.75, 3.05) is 5.75 Å². The Morgan fingerprint density at radius 3 is 2.36 bits per heavy atom. The average Bonchev–Trinajstić information content (AvgIpc) is 3.06. The van der Waals surface area contributed by atoms with Gasteiger partial charge < -0.3 is 5.11 Å². The lowest BCUT2D eigenvalue weighted by atomic mass is 10.1. The molecule has 0 saturated carbocycles. The summed E-state index contributed by atoms with van der Waals surface area (Å²) in [6, 6.07) is 20.4. The topological polar surface area (TPSA) is 55.1 Å². The zero-order valence-corrected chi connectivity index (χ0v) is 14.7. The first-order valence-corrected chi connectivity index (χ1v) is 9.27. The molecule has 0 radical (unpaired) electrons. The van der Waals surface area contributed by atoms with Crippen LogP contribution in [0.3, 0.4) is 0 Å². The van der Waals surface area contributed by atoms with Crippen LogP contribution in [0.15, 0.2) is 72.0 Å². The number of carboxylic acids is 1. The van der Waals surface area contributed by atoms with E-state index in [1.165, 1.54) is 0 Å². The molecule has 0 fully saturated rings. The molecule has 0 aliphatic rings. The molecular formula is C20H20N2O2S. The lowest BCUT2D eigenvalue weighted by molar-refractivity contribution is -0.137. The second-order valence-corrected chi connectivity index (χ2v) is 6.72. The van der Waals surface area contributed by atoms with E-state index in [0.29, 0.717) is 6.42 Å². The van der Waals surface area contributed by atoms with Gasteiger partial charge >= 0.3 is 5.97 Å². The van der Waals surface area contributed by atoms with Gasteiger partial charge in [0.15, 0.2) is 5.16 Å². The Bertz CT molecular complexity index is 816. The van der Waals surface area contributed by atoms with Gasteiger partial charge in [-0.2, -0.15) is 0 Å². The largest absolute Gasteiger partial charge is 0.481 e. The number of aliphatic carboxylic acids is 1. The fourth-order valence-electron chi connectivity index (χ4n) is 2.62. The number of hydrogen-bond acceptors (Lipinski definition) is 3. The predicted octanol–water partition coefficient (Wildman–Crippen LogP) is 4.89. The predicted molar refractivity (Wildman–Crippen MR) is 101 cm³/mol. The minimum atomic E-state index is -0.734. The fraction of sp³-hybridized carbons (Fsp3) is 0.200. The smallest absolute Gasteiger partial charge is 0.303 e. The molecule has 0 amide bonds. The highest BCUT2D eigenvalue weighted by atomic mass is 32.2. The van der Waals surface area contributed by atoms with Gasteiger partial charge in [-0.25, -0.2) is 4.98 Å². The number of para-hydroxylation sites is 1. The molecular weight excluding hydrogens is 332 g/mol. The van der Waals surface area contributed by atoms with Crippen LogP contribution in [0.25, 0.3) is 16.9 Å². The molecule has 1 N–H and O–H groups in total. The average molecular weight is 352 g/mol. The first kappa shape index (κ1) is 17.3. The molecule has 1 aromatic heterocycles. The van der Waals surface area contributed by atoms with Crippen LogP contribution in [-0.2, 0) is 4.79 Å². The number of unbranched alkanes of at least 4 members (excludes halogenated alkanes) is 1. The molecule has 0 unspecified atom stereocenters. The maximum Gasteiger partial charge on any atom is 0.303 e. The fourth-order valence-corrected chi connectivity index (χ4v) is 3.61. The number of hydrogen-bond donors (Lipinski definition) is 1. The third-order valence-corrected chi connectivity index (χ3v) is 4.87. The Labute approximate surface area is 151 Å². The van der Waals surface area contributed by atoms with E-state index in [2.05, 4.69) is 33.8 Å². The van der Waals surface area contributed by atoms with Gasteiger partial charge in [0.05, 0.1) is 11.9 Å². The van der Waals surface area contributed by atoms with Crippen LogP contribution in [-0.4, -0.2) is 26.4 Å². The molecule has 3 aromatic rings. The summed E-state index contributed by atoms with van der Waals surface area (Å²) in [5.74, 6) is 0.118. The molecule has 3 rings (SSSR count). The summed E-state index contributed by atoms with van der Waals surface area (Å²) in [5, 5.41) is 9.66. The van der Waals surface area contributed by atoms with Crippen molar-refractivity contribution in [2.45, 2.75) is 24.4 Å². The molecule has 5 heteroatoms. The Morgan fingerprint density at radius 2 is 1.68 bits per heavy atom. The number of nitrogens with zero attached hydrogens (tertiary/aromatic N) is 2. The highest BCUT2D eigenvalue weighted by Gasteiger charge is 2.13. The first-order chi connectivity index (χ1) is 12.3. The van der Waals surface area contributed by atoms with E-state index in [4.69, 9.17) is 5.11 Å². The third kappa shape index (κ3) is 4.51. The maximum absolute atomic E-state index is 10.6. The Kier molecular flexibility index (Phi) is 5.90. The van der Waals surface area contributed by atoms with Crippen molar-refractivity contribution >= 4 is 17.7 Å². The van der Waals surface area contributed by atoms with Gasteiger partial charge in [-0.15, -0.1) is 0 Å². The summed E-state index contributed by atoms with van der Waals surface area (Å²) in [6.45, 7) is 0. The van der Waals surface area contributed by atoms with Crippen molar-refractivity contribution in [2.24, 2.45) is 0 Å². The quantitative estimate of drug-likeness (QED) is 0.463. The van der Waals surface area contributed by atoms with Crippen LogP contribution in [0, 0.1) is 0 Å². The molecule has 0 bridgehead atoms. The van der Waals surface area contributed by atoms with Crippen molar-refractivity contribution in [3.8, 4) is 16.9 Å². The van der Waals surface area contributed by atoms with Gasteiger partial charge in [-0.05, 0) is 25.0 Å². The molecule has 128 valence electrons. The van der Waals surface area contributed by atoms with Crippen LogP contribution in [0.4, 0.5) is 0 Å². The number of aromatic nitrogens is 2. The Hall–Kier alpha value is -2.53. The normalized spacial score (nSPS) is 10.7. The number of carbonyl (C=O) groups is 1. The summed E-state index contributed by atoms with van der Waals surface area (Å²) in [6.07, 6.45) is 3.68. The summed E-state index contributed by atoms with van der Waals surface area (Å²) < 4.78 is 2.16. The summed E-state index contributed by atoms with van der Waals surface area (Å²) in [5.41, 5.74) is 3.25. The molecule has 0 aliphatic heterocycles. The minimum Gasteiger partial charge on any atom is -0.481 e. The van der Waals surface area contributed by atoms with Gasteiger partial charge in [0, 0.05) is 23.4 Å². The number of rotatable bonds is 8. The van der Waals surface area contributed by atoms with Crippen molar-refractivity contribution in [1.82, 2.24) is 9.55 Å². The molecule has 4 nitrogen and oxygen atoms in total. The Balaban J connectivity index is 1.83. The van der Waals surface area contributed by atoms with E-state index in [1.54, 1.807) is 11.8 Å². The summed E-state index contributed by atoms with van der Waals surface area (Å²) in [7, 11) is 0. The van der Waals surface area contributed by atoms with Gasteiger partial charge in [-0.1, -0.05) is 60.3 Å². The van der Waals surface area contributed by atoms with E-state index in [-0.39, 0.29) is 6.42 Å². The summed E-state index contributed by atoms with van der Waals surface area (Å²) >= 11 is 1.67. The SMILES string of the molecule is O=C(O)CCCCSc1ncc(-c2ccccc2)n1-c1ccccc1. The van der Waals surface area contributed by atoms with E-state index >= 15 is 0 Å². The molecule has 1 heterocycles. The van der Waals surface area contributed by atoms with Crippen LogP contribution in [0.2, 0.25) is 0 Å². The standard InChI is InChI=1S/C20H20N2O2S/c23-19(24)13-7-8-14-25-20-21-15-18(16-9-3-1-4-10-16)22(20)17-11-5-2-6-12-17/h1-6,9-12,15H,7-8,13-14H2,(H,23,24).